The molecule has 0 saturated heterocycles. The van der Waals surface area contributed by atoms with Gasteiger partial charge < -0.3 is 15.5 Å². The summed E-state index contributed by atoms with van der Waals surface area (Å²) in [6.07, 6.45) is 0. The zero-order valence-electron chi connectivity index (χ0n) is 13.9. The van der Waals surface area contributed by atoms with E-state index in [1.54, 1.807) is 0 Å². The van der Waals surface area contributed by atoms with Crippen molar-refractivity contribution < 1.29 is 4.79 Å². The van der Waals surface area contributed by atoms with E-state index in [4.69, 9.17) is 0 Å². The van der Waals surface area contributed by atoms with E-state index < -0.39 is 0 Å². The van der Waals surface area contributed by atoms with Crippen LogP contribution in [0.1, 0.15) is 40.4 Å². The number of hydrogen-bond acceptors (Lipinski definition) is 5. The molecule has 0 aliphatic carbocycles. The minimum absolute atomic E-state index is 0.0130. The Balaban J connectivity index is 3.04. The maximum atomic E-state index is 11.7. The van der Waals surface area contributed by atoms with Crippen molar-refractivity contribution in [2.24, 2.45) is 0 Å². The van der Waals surface area contributed by atoms with Crippen molar-refractivity contribution in [3.8, 4) is 0 Å². The molecule has 0 aliphatic rings. The average Bonchev–Trinajstić information content (AvgIpc) is 2.38. The van der Waals surface area contributed by atoms with E-state index in [0.717, 1.165) is 24.0 Å². The van der Waals surface area contributed by atoms with Crippen LogP contribution in [0.4, 0.5) is 11.6 Å². The van der Waals surface area contributed by atoms with Gasteiger partial charge in [-0.25, -0.2) is 9.97 Å². The van der Waals surface area contributed by atoms with Crippen LogP contribution in [-0.2, 0) is 10.2 Å². The molecule has 0 saturated carbocycles. The Morgan fingerprint density at radius 3 is 2.43 bits per heavy atom. The summed E-state index contributed by atoms with van der Waals surface area (Å²) in [6.45, 7) is 11.9. The molecule has 1 heterocycles. The monoisotopic (exact) mass is 293 g/mol. The van der Waals surface area contributed by atoms with Crippen molar-refractivity contribution in [2.75, 3.05) is 36.9 Å². The van der Waals surface area contributed by atoms with Crippen molar-refractivity contribution in [3.63, 3.8) is 0 Å². The third-order valence-electron chi connectivity index (χ3n) is 2.89. The van der Waals surface area contributed by atoms with Gasteiger partial charge in [0.25, 0.3) is 0 Å². The molecule has 0 spiro atoms. The first kappa shape index (κ1) is 17.2. The average molecular weight is 293 g/mol. The Hall–Kier alpha value is -1.85. The second-order valence-corrected chi connectivity index (χ2v) is 6.02. The molecule has 118 valence electrons. The van der Waals surface area contributed by atoms with Gasteiger partial charge >= 0.3 is 0 Å². The predicted octanol–water partition coefficient (Wildman–Crippen LogP) is 1.78. The Morgan fingerprint density at radius 2 is 1.90 bits per heavy atom. The van der Waals surface area contributed by atoms with E-state index in [1.807, 2.05) is 31.9 Å². The van der Waals surface area contributed by atoms with Gasteiger partial charge in [0, 0.05) is 31.6 Å². The molecular formula is C15H27N5O. The van der Waals surface area contributed by atoms with Gasteiger partial charge in [0.05, 0.1) is 6.54 Å². The van der Waals surface area contributed by atoms with Crippen LogP contribution < -0.4 is 15.5 Å². The Labute approximate surface area is 127 Å². The molecule has 0 unspecified atom stereocenters. The molecule has 21 heavy (non-hydrogen) atoms. The van der Waals surface area contributed by atoms with Crippen LogP contribution in [0.5, 0.6) is 0 Å². The summed E-state index contributed by atoms with van der Waals surface area (Å²) < 4.78 is 0. The lowest BCUT2D eigenvalue weighted by Gasteiger charge is -2.23. The summed E-state index contributed by atoms with van der Waals surface area (Å²) in [7, 11) is 1.86. The maximum Gasteiger partial charge on any atom is 0.239 e. The summed E-state index contributed by atoms with van der Waals surface area (Å²) in [5.41, 5.74) is -0.146. The first-order chi connectivity index (χ1) is 9.77. The standard InChI is InChI=1S/C15H27N5O/c1-7-16-11-9-12(19-14(18-11)15(3,4)5)20(6)10-13(21)17-8-2/h9H,7-8,10H2,1-6H3,(H,17,21)(H,16,18,19). The number of aromatic nitrogens is 2. The zero-order chi connectivity index (χ0) is 16.0. The highest BCUT2D eigenvalue weighted by Crippen LogP contribution is 2.23. The third kappa shape index (κ3) is 5.21. The molecule has 2 N–H and O–H groups in total. The first-order valence-corrected chi connectivity index (χ1v) is 7.39. The summed E-state index contributed by atoms with van der Waals surface area (Å²) in [4.78, 5) is 22.7. The molecule has 0 radical (unpaired) electrons. The maximum absolute atomic E-state index is 11.7. The number of amides is 1. The first-order valence-electron chi connectivity index (χ1n) is 7.39. The van der Waals surface area contributed by atoms with E-state index in [-0.39, 0.29) is 17.9 Å². The molecule has 1 amide bonds. The van der Waals surface area contributed by atoms with Crippen molar-refractivity contribution in [3.05, 3.63) is 11.9 Å². The highest BCUT2D eigenvalue weighted by molar-refractivity contribution is 5.80. The topological polar surface area (TPSA) is 70.2 Å². The van der Waals surface area contributed by atoms with Crippen molar-refractivity contribution >= 4 is 17.5 Å². The SMILES string of the molecule is CCNC(=O)CN(C)c1cc(NCC)nc(C(C)(C)C)n1. The highest BCUT2D eigenvalue weighted by atomic mass is 16.2. The highest BCUT2D eigenvalue weighted by Gasteiger charge is 2.20. The minimum atomic E-state index is -0.146. The molecule has 0 atom stereocenters. The van der Waals surface area contributed by atoms with E-state index in [0.29, 0.717) is 6.54 Å². The molecule has 0 fully saturated rings. The number of carbonyl (C=O) groups is 1. The van der Waals surface area contributed by atoms with Gasteiger partial charge in [0.2, 0.25) is 5.91 Å². The molecule has 1 rings (SSSR count). The normalized spacial score (nSPS) is 11.1. The van der Waals surface area contributed by atoms with Crippen molar-refractivity contribution in [1.82, 2.24) is 15.3 Å². The lowest BCUT2D eigenvalue weighted by molar-refractivity contribution is -0.119. The second-order valence-electron chi connectivity index (χ2n) is 6.02. The molecule has 6 nitrogen and oxygen atoms in total. The minimum Gasteiger partial charge on any atom is -0.370 e. The van der Waals surface area contributed by atoms with Gasteiger partial charge in [-0.2, -0.15) is 0 Å². The predicted molar refractivity (Wildman–Crippen MR) is 86.8 cm³/mol. The van der Waals surface area contributed by atoms with Gasteiger partial charge in [-0.1, -0.05) is 20.8 Å². The van der Waals surface area contributed by atoms with E-state index in [9.17, 15) is 4.79 Å². The quantitative estimate of drug-likeness (QED) is 0.836. The fraction of sp³-hybridized carbons (Fsp3) is 0.667. The second kappa shape index (κ2) is 7.24. The number of carbonyl (C=O) groups excluding carboxylic acids is 1. The van der Waals surface area contributed by atoms with Gasteiger partial charge in [0.15, 0.2) is 0 Å². The van der Waals surface area contributed by atoms with Crippen LogP contribution in [0.25, 0.3) is 0 Å². The van der Waals surface area contributed by atoms with Crippen LogP contribution in [-0.4, -0.2) is 42.6 Å². The molecule has 0 aromatic carbocycles. The Morgan fingerprint density at radius 1 is 1.24 bits per heavy atom. The lowest BCUT2D eigenvalue weighted by atomic mass is 9.96. The Kier molecular flexibility index (Phi) is 5.93. The van der Waals surface area contributed by atoms with Gasteiger partial charge in [0.1, 0.15) is 17.5 Å². The van der Waals surface area contributed by atoms with Crippen LogP contribution in [0.2, 0.25) is 0 Å². The largest absolute Gasteiger partial charge is 0.370 e. The summed E-state index contributed by atoms with van der Waals surface area (Å²) in [6, 6.07) is 1.87. The molecule has 0 bridgehead atoms. The fourth-order valence-corrected chi connectivity index (χ4v) is 1.79. The zero-order valence-corrected chi connectivity index (χ0v) is 13.9. The summed E-state index contributed by atoms with van der Waals surface area (Å²) in [5, 5.41) is 6.01. The van der Waals surface area contributed by atoms with Crippen molar-refractivity contribution in [1.29, 1.82) is 0 Å². The molecular weight excluding hydrogens is 266 g/mol. The smallest absolute Gasteiger partial charge is 0.239 e. The molecule has 0 aliphatic heterocycles. The van der Waals surface area contributed by atoms with Crippen LogP contribution in [0.15, 0.2) is 6.07 Å². The molecule has 6 heteroatoms. The van der Waals surface area contributed by atoms with E-state index in [1.165, 1.54) is 0 Å². The number of likely N-dealkylation sites (N-methyl/N-ethyl adjacent to an activating group) is 2. The van der Waals surface area contributed by atoms with Gasteiger partial charge in [-0.05, 0) is 13.8 Å². The number of hydrogen-bond donors (Lipinski definition) is 2. The van der Waals surface area contributed by atoms with Crippen LogP contribution >= 0.6 is 0 Å². The van der Waals surface area contributed by atoms with Crippen LogP contribution in [0.3, 0.4) is 0 Å². The fourth-order valence-electron chi connectivity index (χ4n) is 1.79. The van der Waals surface area contributed by atoms with Gasteiger partial charge in [-0.3, -0.25) is 4.79 Å². The van der Waals surface area contributed by atoms with Crippen LogP contribution in [0, 0.1) is 0 Å². The van der Waals surface area contributed by atoms with E-state index >= 15 is 0 Å². The molecule has 1 aromatic rings. The number of nitrogens with zero attached hydrogens (tertiary/aromatic N) is 3. The summed E-state index contributed by atoms with van der Waals surface area (Å²) in [5.74, 6) is 2.28. The lowest BCUT2D eigenvalue weighted by Crippen LogP contribution is -2.35. The number of rotatable bonds is 6. The summed E-state index contributed by atoms with van der Waals surface area (Å²) >= 11 is 0. The number of anilines is 2. The van der Waals surface area contributed by atoms with E-state index in [2.05, 4.69) is 41.4 Å². The number of nitrogens with one attached hydrogen (secondary N) is 2. The van der Waals surface area contributed by atoms with Crippen molar-refractivity contribution in [2.45, 2.75) is 40.0 Å². The Bertz CT molecular complexity index is 481. The molecule has 1 aromatic heterocycles. The third-order valence-corrected chi connectivity index (χ3v) is 2.89. The van der Waals surface area contributed by atoms with Gasteiger partial charge in [-0.15, -0.1) is 0 Å².